The lowest BCUT2D eigenvalue weighted by Crippen LogP contribution is -2.00. The van der Waals surface area contributed by atoms with Crippen LogP contribution in [0.1, 0.15) is 15.9 Å². The molecule has 2 rings (SSSR count). The summed E-state index contributed by atoms with van der Waals surface area (Å²) >= 11 is 0. The van der Waals surface area contributed by atoms with Gasteiger partial charge in [0.25, 0.3) is 0 Å². The van der Waals surface area contributed by atoms with E-state index in [1.165, 1.54) is 0 Å². The average molecular weight is 180 g/mol. The lowest BCUT2D eigenvalue weighted by Gasteiger charge is -1.98. The molecule has 66 valence electrons. The molecule has 0 spiro atoms. The Morgan fingerprint density at radius 3 is 2.21 bits per heavy atom. The van der Waals surface area contributed by atoms with Crippen molar-refractivity contribution >= 4 is 5.78 Å². The predicted octanol–water partition coefficient (Wildman–Crippen LogP) is 2.52. The highest BCUT2D eigenvalue weighted by Gasteiger charge is 2.06. The molecule has 0 heterocycles. The van der Waals surface area contributed by atoms with Crippen molar-refractivity contribution in [1.29, 1.82) is 0 Å². The van der Waals surface area contributed by atoms with E-state index in [0.717, 1.165) is 0 Å². The maximum atomic E-state index is 11.8. The molecule has 1 heteroatoms. The van der Waals surface area contributed by atoms with Gasteiger partial charge in [0.2, 0.25) is 0 Å². The molecule has 2 radical (unpaired) electrons. The van der Waals surface area contributed by atoms with Crippen LogP contribution in [0, 0.1) is 12.1 Å². The van der Waals surface area contributed by atoms with Crippen LogP contribution in [0.25, 0.3) is 0 Å². The van der Waals surface area contributed by atoms with Gasteiger partial charge < -0.3 is 0 Å². The Kier molecular flexibility index (Phi) is 2.41. The molecule has 14 heavy (non-hydrogen) atoms. The maximum Gasteiger partial charge on any atom is 0.194 e. The Bertz CT molecular complexity index is 376. The van der Waals surface area contributed by atoms with Crippen LogP contribution in [-0.2, 0) is 0 Å². The van der Waals surface area contributed by atoms with Crippen LogP contribution < -0.4 is 0 Å². The third kappa shape index (κ3) is 1.72. The van der Waals surface area contributed by atoms with E-state index in [-0.39, 0.29) is 5.78 Å². The van der Waals surface area contributed by atoms with Crippen molar-refractivity contribution < 1.29 is 4.79 Å². The summed E-state index contributed by atoms with van der Waals surface area (Å²) in [6.45, 7) is 0. The van der Waals surface area contributed by atoms with Crippen molar-refractivity contribution in [3.63, 3.8) is 0 Å². The first-order valence-electron chi connectivity index (χ1n) is 4.36. The summed E-state index contributed by atoms with van der Waals surface area (Å²) < 4.78 is 0. The molecule has 0 aliphatic heterocycles. The molecule has 0 unspecified atom stereocenters. The topological polar surface area (TPSA) is 17.1 Å². The van der Waals surface area contributed by atoms with Crippen LogP contribution in [-0.4, -0.2) is 5.78 Å². The zero-order valence-corrected chi connectivity index (χ0v) is 7.53. The first-order valence-corrected chi connectivity index (χ1v) is 4.36. The second kappa shape index (κ2) is 3.88. The van der Waals surface area contributed by atoms with Crippen LogP contribution in [0.2, 0.25) is 0 Å². The van der Waals surface area contributed by atoms with E-state index in [1.54, 1.807) is 30.3 Å². The second-order valence-corrected chi connectivity index (χ2v) is 2.88. The molecule has 0 aliphatic rings. The Morgan fingerprint density at radius 1 is 0.929 bits per heavy atom. The van der Waals surface area contributed by atoms with Gasteiger partial charge in [0.05, 0.1) is 0 Å². The third-order valence-corrected chi connectivity index (χ3v) is 1.91. The molecule has 0 atom stereocenters. The molecule has 0 aliphatic carbocycles. The summed E-state index contributed by atoms with van der Waals surface area (Å²) in [4.78, 5) is 11.8. The van der Waals surface area contributed by atoms with Crippen LogP contribution in [0.15, 0.2) is 48.5 Å². The molecule has 2 aromatic rings. The smallest absolute Gasteiger partial charge is 0.194 e. The van der Waals surface area contributed by atoms with E-state index in [4.69, 9.17) is 0 Å². The lowest BCUT2D eigenvalue weighted by molar-refractivity contribution is 0.103. The van der Waals surface area contributed by atoms with E-state index < -0.39 is 0 Å². The Balaban J connectivity index is 2.35. The van der Waals surface area contributed by atoms with Gasteiger partial charge in [-0.15, -0.1) is 0 Å². The summed E-state index contributed by atoms with van der Waals surface area (Å²) in [5, 5.41) is 0. The average Bonchev–Trinajstić information content (AvgIpc) is 2.30. The van der Waals surface area contributed by atoms with E-state index >= 15 is 0 Å². The maximum absolute atomic E-state index is 11.8. The standard InChI is InChI=1S/C13H8O/c14-13(11-7-3-1-4-8-11)12-9-5-2-6-10-12/h1-8H. The summed E-state index contributed by atoms with van der Waals surface area (Å²) in [5.74, 6) is -0.0359. The molecular weight excluding hydrogens is 172 g/mol. The van der Waals surface area contributed by atoms with Crippen LogP contribution >= 0.6 is 0 Å². The minimum absolute atomic E-state index is 0.0359. The minimum atomic E-state index is -0.0359. The third-order valence-electron chi connectivity index (χ3n) is 1.91. The Hall–Kier alpha value is -1.89. The first-order chi connectivity index (χ1) is 6.88. The highest BCUT2D eigenvalue weighted by Crippen LogP contribution is 2.07. The van der Waals surface area contributed by atoms with E-state index in [1.807, 2.05) is 18.2 Å². The van der Waals surface area contributed by atoms with Crippen LogP contribution in [0.3, 0.4) is 0 Å². The molecular formula is C13H8O. The largest absolute Gasteiger partial charge is 0.289 e. The summed E-state index contributed by atoms with van der Waals surface area (Å²) in [7, 11) is 0. The van der Waals surface area contributed by atoms with E-state index in [9.17, 15) is 4.79 Å². The fraction of sp³-hybridized carbons (Fsp3) is 0. The van der Waals surface area contributed by atoms with E-state index in [2.05, 4.69) is 12.1 Å². The van der Waals surface area contributed by atoms with Gasteiger partial charge in [-0.1, -0.05) is 48.5 Å². The van der Waals surface area contributed by atoms with Crippen molar-refractivity contribution in [3.05, 3.63) is 71.8 Å². The monoisotopic (exact) mass is 180 g/mol. The minimum Gasteiger partial charge on any atom is -0.289 e. The van der Waals surface area contributed by atoms with Gasteiger partial charge in [0, 0.05) is 11.1 Å². The number of rotatable bonds is 2. The summed E-state index contributed by atoms with van der Waals surface area (Å²) in [6.07, 6.45) is 0. The van der Waals surface area contributed by atoms with Crippen molar-refractivity contribution in [3.8, 4) is 0 Å². The number of ketones is 1. The van der Waals surface area contributed by atoms with Gasteiger partial charge >= 0.3 is 0 Å². The van der Waals surface area contributed by atoms with Gasteiger partial charge in [-0.3, -0.25) is 4.79 Å². The summed E-state index contributed by atoms with van der Waals surface area (Å²) in [6, 6.07) is 20.1. The highest BCUT2D eigenvalue weighted by molar-refractivity contribution is 6.08. The molecule has 1 nitrogen and oxygen atoms in total. The van der Waals surface area contributed by atoms with Gasteiger partial charge in [-0.2, -0.15) is 0 Å². The molecule has 0 N–H and O–H groups in total. The lowest BCUT2D eigenvalue weighted by atomic mass is 10.0. The Labute approximate surface area is 83.0 Å². The van der Waals surface area contributed by atoms with E-state index in [0.29, 0.717) is 11.1 Å². The molecule has 0 bridgehead atoms. The van der Waals surface area contributed by atoms with Crippen LogP contribution in [0.4, 0.5) is 0 Å². The molecule has 0 saturated carbocycles. The normalized spacial score (nSPS) is 9.71. The number of benzene rings is 2. The van der Waals surface area contributed by atoms with Crippen molar-refractivity contribution in [2.24, 2.45) is 0 Å². The van der Waals surface area contributed by atoms with Crippen LogP contribution in [0.5, 0.6) is 0 Å². The summed E-state index contributed by atoms with van der Waals surface area (Å²) in [5.41, 5.74) is 1.16. The number of hydrogen-bond donors (Lipinski definition) is 0. The molecule has 0 fully saturated rings. The Morgan fingerprint density at radius 2 is 1.57 bits per heavy atom. The van der Waals surface area contributed by atoms with Gasteiger partial charge in [-0.25, -0.2) is 0 Å². The SMILES string of the molecule is O=C(c1[c]ccc[c]1)c1ccccc1. The zero-order valence-electron chi connectivity index (χ0n) is 7.53. The molecule has 0 amide bonds. The zero-order chi connectivity index (χ0) is 9.80. The first kappa shape index (κ1) is 8.70. The fourth-order valence-electron chi connectivity index (χ4n) is 1.22. The fourth-order valence-corrected chi connectivity index (χ4v) is 1.22. The number of carbonyl (C=O) groups is 1. The van der Waals surface area contributed by atoms with Gasteiger partial charge in [0.1, 0.15) is 0 Å². The van der Waals surface area contributed by atoms with Crippen molar-refractivity contribution in [1.82, 2.24) is 0 Å². The van der Waals surface area contributed by atoms with Crippen molar-refractivity contribution in [2.45, 2.75) is 0 Å². The number of carbonyl (C=O) groups excluding carboxylic acids is 1. The molecule has 0 saturated heterocycles. The van der Waals surface area contributed by atoms with Crippen molar-refractivity contribution in [2.75, 3.05) is 0 Å². The molecule has 2 aromatic carbocycles. The van der Waals surface area contributed by atoms with Gasteiger partial charge in [-0.05, 0) is 12.1 Å². The number of hydrogen-bond acceptors (Lipinski definition) is 1. The quantitative estimate of drug-likeness (QED) is 0.649. The predicted molar refractivity (Wildman–Crippen MR) is 54.0 cm³/mol. The van der Waals surface area contributed by atoms with Gasteiger partial charge in [0.15, 0.2) is 5.78 Å². The second-order valence-electron chi connectivity index (χ2n) is 2.88. The highest BCUT2D eigenvalue weighted by atomic mass is 16.1. The molecule has 0 aromatic heterocycles.